The standard InChI is InChI=1S/C13H17ClN4O3/c1-2-11(19)17-8-3-4-9(14)10(5-8)18-13(21)7-16-12(20)6-15/h3-5H,2,6-7,15H2,1H3,(H,16,20)(H,17,19)(H,18,21). The predicted octanol–water partition coefficient (Wildman–Crippen LogP) is 0.702. The highest BCUT2D eigenvalue weighted by Gasteiger charge is 2.09. The summed E-state index contributed by atoms with van der Waals surface area (Å²) in [5.41, 5.74) is 5.98. The van der Waals surface area contributed by atoms with Crippen LogP contribution in [0.1, 0.15) is 13.3 Å². The molecule has 0 unspecified atom stereocenters. The molecule has 0 atom stereocenters. The monoisotopic (exact) mass is 312 g/mol. The Morgan fingerprint density at radius 2 is 1.86 bits per heavy atom. The van der Waals surface area contributed by atoms with Gasteiger partial charge in [0.25, 0.3) is 0 Å². The molecular formula is C13H17ClN4O3. The molecule has 0 bridgehead atoms. The Kier molecular flexibility index (Phi) is 6.64. The van der Waals surface area contributed by atoms with Crippen molar-refractivity contribution >= 4 is 40.7 Å². The van der Waals surface area contributed by atoms with E-state index in [1.807, 2.05) is 0 Å². The van der Waals surface area contributed by atoms with E-state index < -0.39 is 11.8 Å². The first kappa shape index (κ1) is 16.9. The molecule has 114 valence electrons. The van der Waals surface area contributed by atoms with Gasteiger partial charge in [-0.1, -0.05) is 18.5 Å². The van der Waals surface area contributed by atoms with Crippen LogP contribution < -0.4 is 21.7 Å². The van der Waals surface area contributed by atoms with E-state index in [9.17, 15) is 14.4 Å². The quantitative estimate of drug-likeness (QED) is 0.619. The van der Waals surface area contributed by atoms with Crippen molar-refractivity contribution in [3.8, 4) is 0 Å². The number of halogens is 1. The molecule has 0 aliphatic heterocycles. The highest BCUT2D eigenvalue weighted by Crippen LogP contribution is 2.25. The summed E-state index contributed by atoms with van der Waals surface area (Å²) in [6.07, 6.45) is 0.343. The highest BCUT2D eigenvalue weighted by atomic mass is 35.5. The molecule has 0 spiro atoms. The Balaban J connectivity index is 2.69. The van der Waals surface area contributed by atoms with Gasteiger partial charge in [0.05, 0.1) is 23.8 Å². The number of carbonyl (C=O) groups excluding carboxylic acids is 3. The van der Waals surface area contributed by atoms with E-state index in [2.05, 4.69) is 16.0 Å². The number of hydrogen-bond acceptors (Lipinski definition) is 4. The summed E-state index contributed by atoms with van der Waals surface area (Å²) in [5.74, 6) is -1.03. The minimum atomic E-state index is -0.447. The molecule has 0 radical (unpaired) electrons. The van der Waals surface area contributed by atoms with Gasteiger partial charge in [0, 0.05) is 12.1 Å². The van der Waals surface area contributed by atoms with E-state index in [1.165, 1.54) is 0 Å². The van der Waals surface area contributed by atoms with E-state index in [0.29, 0.717) is 22.8 Å². The van der Waals surface area contributed by atoms with Crippen LogP contribution >= 0.6 is 11.6 Å². The molecule has 0 saturated carbocycles. The minimum absolute atomic E-state index is 0.148. The number of hydrogen-bond donors (Lipinski definition) is 4. The first-order valence-electron chi connectivity index (χ1n) is 6.32. The molecule has 0 fully saturated rings. The van der Waals surface area contributed by atoms with E-state index in [1.54, 1.807) is 25.1 Å². The van der Waals surface area contributed by atoms with Gasteiger partial charge in [0.1, 0.15) is 0 Å². The van der Waals surface area contributed by atoms with Crippen LogP contribution in [0, 0.1) is 0 Å². The summed E-state index contributed by atoms with van der Waals surface area (Å²) >= 11 is 5.97. The van der Waals surface area contributed by atoms with E-state index in [4.69, 9.17) is 17.3 Å². The van der Waals surface area contributed by atoms with Crippen molar-refractivity contribution in [3.63, 3.8) is 0 Å². The van der Waals surface area contributed by atoms with Gasteiger partial charge in [-0.05, 0) is 18.2 Å². The van der Waals surface area contributed by atoms with E-state index in [0.717, 1.165) is 0 Å². The maximum atomic E-state index is 11.7. The maximum absolute atomic E-state index is 11.7. The molecule has 0 aromatic heterocycles. The lowest BCUT2D eigenvalue weighted by Gasteiger charge is -2.10. The Bertz CT molecular complexity index is 548. The molecule has 1 aromatic rings. The van der Waals surface area contributed by atoms with Gasteiger partial charge in [0.2, 0.25) is 17.7 Å². The molecule has 7 nitrogen and oxygen atoms in total. The van der Waals surface area contributed by atoms with Gasteiger partial charge in [-0.15, -0.1) is 0 Å². The van der Waals surface area contributed by atoms with Gasteiger partial charge < -0.3 is 21.7 Å². The maximum Gasteiger partial charge on any atom is 0.243 e. The zero-order chi connectivity index (χ0) is 15.8. The lowest BCUT2D eigenvalue weighted by molar-refractivity contribution is -0.123. The van der Waals surface area contributed by atoms with Gasteiger partial charge in [-0.2, -0.15) is 0 Å². The summed E-state index contributed by atoms with van der Waals surface area (Å²) in [4.78, 5) is 33.9. The highest BCUT2D eigenvalue weighted by molar-refractivity contribution is 6.33. The van der Waals surface area contributed by atoms with Crippen molar-refractivity contribution in [1.29, 1.82) is 0 Å². The zero-order valence-electron chi connectivity index (χ0n) is 11.5. The number of nitrogens with two attached hydrogens (primary N) is 1. The third kappa shape index (κ3) is 5.80. The third-order valence-electron chi connectivity index (χ3n) is 2.48. The average molecular weight is 313 g/mol. The first-order chi connectivity index (χ1) is 9.96. The molecule has 8 heteroatoms. The van der Waals surface area contributed by atoms with Crippen molar-refractivity contribution in [2.24, 2.45) is 5.73 Å². The lowest BCUT2D eigenvalue weighted by atomic mass is 10.2. The summed E-state index contributed by atoms with van der Waals surface area (Å²) in [6.45, 7) is 1.33. The number of carbonyl (C=O) groups is 3. The van der Waals surface area contributed by atoms with Crippen molar-refractivity contribution in [3.05, 3.63) is 23.2 Å². The van der Waals surface area contributed by atoms with Crippen molar-refractivity contribution in [2.45, 2.75) is 13.3 Å². The average Bonchev–Trinajstić information content (AvgIpc) is 2.47. The Morgan fingerprint density at radius 1 is 1.14 bits per heavy atom. The smallest absolute Gasteiger partial charge is 0.243 e. The Morgan fingerprint density at radius 3 is 2.48 bits per heavy atom. The number of anilines is 2. The van der Waals surface area contributed by atoms with Crippen molar-refractivity contribution in [2.75, 3.05) is 23.7 Å². The van der Waals surface area contributed by atoms with Crippen LogP contribution in [0.25, 0.3) is 0 Å². The summed E-state index contributed by atoms with van der Waals surface area (Å²) in [6, 6.07) is 4.72. The number of benzene rings is 1. The zero-order valence-corrected chi connectivity index (χ0v) is 12.3. The predicted molar refractivity (Wildman–Crippen MR) is 81.1 cm³/mol. The van der Waals surface area contributed by atoms with Gasteiger partial charge in [-0.25, -0.2) is 0 Å². The second-order valence-corrected chi connectivity index (χ2v) is 4.53. The Hall–Kier alpha value is -2.12. The fraction of sp³-hybridized carbons (Fsp3) is 0.308. The van der Waals surface area contributed by atoms with Crippen LogP contribution in [-0.2, 0) is 14.4 Å². The second kappa shape index (κ2) is 8.23. The van der Waals surface area contributed by atoms with Crippen LogP contribution in [0.15, 0.2) is 18.2 Å². The van der Waals surface area contributed by atoms with Crippen molar-refractivity contribution in [1.82, 2.24) is 5.32 Å². The van der Waals surface area contributed by atoms with E-state index >= 15 is 0 Å². The molecular weight excluding hydrogens is 296 g/mol. The second-order valence-electron chi connectivity index (χ2n) is 4.13. The molecule has 0 aliphatic rings. The normalized spacial score (nSPS) is 9.86. The van der Waals surface area contributed by atoms with E-state index in [-0.39, 0.29) is 19.0 Å². The lowest BCUT2D eigenvalue weighted by Crippen LogP contribution is -2.36. The van der Waals surface area contributed by atoms with Crippen LogP contribution in [0.4, 0.5) is 11.4 Å². The molecule has 5 N–H and O–H groups in total. The van der Waals surface area contributed by atoms with Crippen LogP contribution in [0.3, 0.4) is 0 Å². The molecule has 1 aromatic carbocycles. The fourth-order valence-electron chi connectivity index (χ4n) is 1.39. The minimum Gasteiger partial charge on any atom is -0.346 e. The molecule has 0 heterocycles. The largest absolute Gasteiger partial charge is 0.346 e. The molecule has 21 heavy (non-hydrogen) atoms. The number of amides is 3. The molecule has 1 rings (SSSR count). The van der Waals surface area contributed by atoms with Crippen LogP contribution in [0.2, 0.25) is 5.02 Å². The third-order valence-corrected chi connectivity index (χ3v) is 2.81. The summed E-state index contributed by atoms with van der Waals surface area (Å²) < 4.78 is 0. The first-order valence-corrected chi connectivity index (χ1v) is 6.70. The fourth-order valence-corrected chi connectivity index (χ4v) is 1.56. The summed E-state index contributed by atoms with van der Waals surface area (Å²) in [5, 5.41) is 7.86. The van der Waals surface area contributed by atoms with Crippen LogP contribution in [-0.4, -0.2) is 30.8 Å². The van der Waals surface area contributed by atoms with Gasteiger partial charge in [-0.3, -0.25) is 14.4 Å². The SMILES string of the molecule is CCC(=O)Nc1ccc(Cl)c(NC(=O)CNC(=O)CN)c1. The molecule has 0 aliphatic carbocycles. The molecule has 0 saturated heterocycles. The summed E-state index contributed by atoms with van der Waals surface area (Å²) in [7, 11) is 0. The van der Waals surface area contributed by atoms with Crippen LogP contribution in [0.5, 0.6) is 0 Å². The van der Waals surface area contributed by atoms with Gasteiger partial charge >= 0.3 is 0 Å². The topological polar surface area (TPSA) is 113 Å². The Labute approximate surface area is 127 Å². The van der Waals surface area contributed by atoms with Gasteiger partial charge in [0.15, 0.2) is 0 Å². The number of rotatable bonds is 6. The van der Waals surface area contributed by atoms with Crippen molar-refractivity contribution < 1.29 is 14.4 Å². The number of nitrogens with one attached hydrogen (secondary N) is 3. The molecule has 3 amide bonds.